The maximum Gasteiger partial charge on any atom is 0.309 e. The maximum atomic E-state index is 12.3. The number of halogens is 3. The molecule has 1 heterocycles. The molecule has 0 unspecified atom stereocenters. The molecule has 178 valence electrons. The number of hydrogen-bond donors (Lipinski definition) is 1. The van der Waals surface area contributed by atoms with E-state index in [1.165, 1.54) is 0 Å². The van der Waals surface area contributed by atoms with Crippen LogP contribution in [0.15, 0.2) is 0 Å². The highest BCUT2D eigenvalue weighted by molar-refractivity contribution is 6.76. The van der Waals surface area contributed by atoms with Crippen LogP contribution in [0.1, 0.15) is 41.5 Å². The van der Waals surface area contributed by atoms with E-state index < -0.39 is 70.0 Å². The maximum absolute atomic E-state index is 12.3. The van der Waals surface area contributed by atoms with Crippen LogP contribution in [0.2, 0.25) is 0 Å². The predicted molar refractivity (Wildman–Crippen MR) is 113 cm³/mol. The van der Waals surface area contributed by atoms with Gasteiger partial charge in [0.25, 0.3) is 3.79 Å². The van der Waals surface area contributed by atoms with Gasteiger partial charge in [-0.25, -0.2) is 0 Å². The molecule has 12 heteroatoms. The molecule has 1 aliphatic heterocycles. The Hall–Kier alpha value is -1.29. The number of alkyl halides is 3. The van der Waals surface area contributed by atoms with Crippen molar-refractivity contribution in [3.05, 3.63) is 0 Å². The zero-order valence-corrected chi connectivity index (χ0v) is 20.4. The summed E-state index contributed by atoms with van der Waals surface area (Å²) in [4.78, 5) is 36.8. The van der Waals surface area contributed by atoms with Gasteiger partial charge in [0.05, 0.1) is 24.4 Å². The van der Waals surface area contributed by atoms with Gasteiger partial charge in [0.15, 0.2) is 12.2 Å². The largest absolute Gasteiger partial charge is 0.456 e. The van der Waals surface area contributed by atoms with Gasteiger partial charge >= 0.3 is 17.9 Å². The summed E-state index contributed by atoms with van der Waals surface area (Å²) in [6.45, 7) is 9.39. The molecule has 0 bridgehead atoms. The third kappa shape index (κ3) is 8.29. The van der Waals surface area contributed by atoms with Crippen LogP contribution in [0.25, 0.3) is 0 Å². The fraction of sp³-hybridized carbons (Fsp3) is 0.789. The van der Waals surface area contributed by atoms with Crippen molar-refractivity contribution in [1.82, 2.24) is 0 Å². The molecule has 31 heavy (non-hydrogen) atoms. The summed E-state index contributed by atoms with van der Waals surface area (Å²) in [6, 6.07) is 0. The van der Waals surface area contributed by atoms with Crippen LogP contribution in [-0.4, -0.2) is 58.8 Å². The van der Waals surface area contributed by atoms with Gasteiger partial charge in [-0.05, 0) is 0 Å². The summed E-state index contributed by atoms with van der Waals surface area (Å²) in [5, 5.41) is 7.80. The van der Waals surface area contributed by atoms with Gasteiger partial charge in [0.2, 0.25) is 18.3 Å². The van der Waals surface area contributed by atoms with Crippen LogP contribution in [0.4, 0.5) is 0 Å². The first-order chi connectivity index (χ1) is 14.1. The molecule has 9 nitrogen and oxygen atoms in total. The lowest BCUT2D eigenvalue weighted by Gasteiger charge is -2.41. The molecule has 0 saturated carbocycles. The van der Waals surface area contributed by atoms with Gasteiger partial charge in [-0.2, -0.15) is 0 Å². The van der Waals surface area contributed by atoms with E-state index in [1.807, 2.05) is 0 Å². The Bertz CT molecular complexity index is 678. The van der Waals surface area contributed by atoms with Crippen molar-refractivity contribution in [2.45, 2.75) is 69.9 Å². The van der Waals surface area contributed by atoms with Crippen molar-refractivity contribution in [2.75, 3.05) is 6.61 Å². The molecule has 0 radical (unpaired) electrons. The third-order valence-electron chi connectivity index (χ3n) is 4.06. The number of rotatable bonds is 7. The number of hydrogen-bond acceptors (Lipinski definition) is 9. The quantitative estimate of drug-likeness (QED) is 0.184. The van der Waals surface area contributed by atoms with Crippen LogP contribution < -0.4 is 0 Å². The predicted octanol–water partition coefficient (Wildman–Crippen LogP) is 3.41. The number of carbonyl (C=O) groups excluding carboxylic acids is 3. The highest BCUT2D eigenvalue weighted by Crippen LogP contribution is 2.32. The summed E-state index contributed by atoms with van der Waals surface area (Å²) < 4.78 is 25.0. The summed E-state index contributed by atoms with van der Waals surface area (Å²) in [6.07, 6.45) is -5.22. The van der Waals surface area contributed by atoms with Crippen LogP contribution in [0, 0.1) is 23.2 Å². The van der Waals surface area contributed by atoms with Gasteiger partial charge in [0.1, 0.15) is 0 Å². The molecule has 1 N–H and O–H groups in total. The van der Waals surface area contributed by atoms with Crippen molar-refractivity contribution in [3.8, 4) is 0 Å². The van der Waals surface area contributed by atoms with E-state index in [-0.39, 0.29) is 6.61 Å². The standard InChI is InChI=1S/C19H28Cl3NO8/c1-8(2)14(24)28-11-7-27-17(31-18(23)19(20,21)22)13(30-16(26)10(5)6)12(11)29-15(25)9(3)4/h8-13,17,23H,7H2,1-6H3/t11-,12-,13+,17+/m0/s1. The molecular formula is C19H28Cl3NO8. The fourth-order valence-electron chi connectivity index (χ4n) is 2.22. The van der Waals surface area contributed by atoms with Gasteiger partial charge < -0.3 is 23.7 Å². The van der Waals surface area contributed by atoms with E-state index >= 15 is 0 Å². The number of ether oxygens (including phenoxy) is 5. The summed E-state index contributed by atoms with van der Waals surface area (Å²) in [5.74, 6) is -4.19. The molecule has 1 fully saturated rings. The van der Waals surface area contributed by atoms with Crippen molar-refractivity contribution in [3.63, 3.8) is 0 Å². The Morgan fingerprint density at radius 3 is 1.65 bits per heavy atom. The molecule has 0 aliphatic carbocycles. The van der Waals surface area contributed by atoms with Crippen LogP contribution >= 0.6 is 34.8 Å². The van der Waals surface area contributed by atoms with Gasteiger partial charge in [-0.15, -0.1) is 0 Å². The van der Waals surface area contributed by atoms with Crippen LogP contribution in [0.3, 0.4) is 0 Å². The van der Waals surface area contributed by atoms with E-state index in [9.17, 15) is 14.4 Å². The first kappa shape index (κ1) is 27.7. The molecule has 1 rings (SSSR count). The second-order valence-electron chi connectivity index (χ2n) is 7.89. The SMILES string of the molecule is CC(C)C(=O)O[C@@H]1[C@@H](OC(=O)C(C)C)[C@@H](OC(=N)C(Cl)(Cl)Cl)OC[C@@H]1OC(=O)C(C)C. The molecule has 0 aromatic carbocycles. The van der Waals surface area contributed by atoms with E-state index in [1.54, 1.807) is 41.5 Å². The van der Waals surface area contributed by atoms with Crippen molar-refractivity contribution in [2.24, 2.45) is 17.8 Å². The van der Waals surface area contributed by atoms with Gasteiger partial charge in [0, 0.05) is 0 Å². The van der Waals surface area contributed by atoms with Gasteiger partial charge in [-0.3, -0.25) is 19.8 Å². The van der Waals surface area contributed by atoms with Crippen molar-refractivity contribution >= 4 is 58.6 Å². The summed E-state index contributed by atoms with van der Waals surface area (Å²) >= 11 is 17.0. The van der Waals surface area contributed by atoms with E-state index in [0.29, 0.717) is 0 Å². The second-order valence-corrected chi connectivity index (χ2v) is 10.2. The fourth-order valence-corrected chi connectivity index (χ4v) is 2.36. The second kappa shape index (κ2) is 11.5. The zero-order valence-electron chi connectivity index (χ0n) is 18.1. The lowest BCUT2D eigenvalue weighted by atomic mass is 10.0. The summed E-state index contributed by atoms with van der Waals surface area (Å²) in [5.41, 5.74) is 0. The molecule has 4 atom stereocenters. The van der Waals surface area contributed by atoms with Crippen LogP contribution in [-0.2, 0) is 38.1 Å². The Morgan fingerprint density at radius 2 is 1.23 bits per heavy atom. The normalized spacial score (nSPS) is 24.1. The van der Waals surface area contributed by atoms with Gasteiger partial charge in [-0.1, -0.05) is 76.3 Å². The minimum Gasteiger partial charge on any atom is -0.456 e. The van der Waals surface area contributed by atoms with Crippen molar-refractivity contribution in [1.29, 1.82) is 5.41 Å². The highest BCUT2D eigenvalue weighted by Gasteiger charge is 2.50. The monoisotopic (exact) mass is 503 g/mol. The Morgan fingerprint density at radius 1 is 0.806 bits per heavy atom. The third-order valence-corrected chi connectivity index (χ3v) is 4.58. The Labute approximate surface area is 196 Å². The molecular weight excluding hydrogens is 477 g/mol. The lowest BCUT2D eigenvalue weighted by molar-refractivity contribution is -0.266. The molecule has 0 aromatic rings. The first-order valence-corrected chi connectivity index (χ1v) is 10.8. The Kier molecular flexibility index (Phi) is 10.3. The average Bonchev–Trinajstić information content (AvgIpc) is 2.64. The number of nitrogens with one attached hydrogen (secondary N) is 1. The smallest absolute Gasteiger partial charge is 0.309 e. The molecule has 0 amide bonds. The molecule has 0 aromatic heterocycles. The molecule has 1 aliphatic rings. The lowest BCUT2D eigenvalue weighted by Crippen LogP contribution is -2.59. The average molecular weight is 505 g/mol. The molecule has 1 saturated heterocycles. The van der Waals surface area contributed by atoms with E-state index in [0.717, 1.165) is 0 Å². The van der Waals surface area contributed by atoms with E-state index in [2.05, 4.69) is 0 Å². The first-order valence-electron chi connectivity index (χ1n) is 9.70. The summed E-state index contributed by atoms with van der Waals surface area (Å²) in [7, 11) is 0. The zero-order chi connectivity index (χ0) is 24.1. The highest BCUT2D eigenvalue weighted by atomic mass is 35.6. The topological polar surface area (TPSA) is 121 Å². The van der Waals surface area contributed by atoms with E-state index in [4.69, 9.17) is 63.9 Å². The minimum absolute atomic E-state index is 0.276. The van der Waals surface area contributed by atoms with Crippen molar-refractivity contribution < 1.29 is 38.1 Å². The Balaban J connectivity index is 3.30. The minimum atomic E-state index is -2.21. The van der Waals surface area contributed by atoms with Crippen LogP contribution in [0.5, 0.6) is 0 Å². The molecule has 0 spiro atoms. The number of esters is 3. The number of carbonyl (C=O) groups is 3.